The van der Waals surface area contributed by atoms with E-state index in [4.69, 9.17) is 0 Å². The molecule has 0 radical (unpaired) electrons. The molecule has 0 aliphatic carbocycles. The lowest BCUT2D eigenvalue weighted by atomic mass is 10.1. The molecule has 0 aromatic heterocycles. The fraction of sp³-hybridized carbons (Fsp3) is 0.278. The highest BCUT2D eigenvalue weighted by Gasteiger charge is 2.10. The van der Waals surface area contributed by atoms with E-state index in [0.29, 0.717) is 5.56 Å². The van der Waals surface area contributed by atoms with E-state index < -0.39 is 0 Å². The lowest BCUT2D eigenvalue weighted by Crippen LogP contribution is -2.15. The maximum atomic E-state index is 12.4. The third-order valence-electron chi connectivity index (χ3n) is 3.58. The van der Waals surface area contributed by atoms with E-state index in [1.54, 1.807) is 0 Å². The van der Waals surface area contributed by atoms with Gasteiger partial charge in [-0.15, -0.1) is 0 Å². The number of amides is 1. The van der Waals surface area contributed by atoms with Gasteiger partial charge in [0.25, 0.3) is 5.91 Å². The van der Waals surface area contributed by atoms with Crippen LogP contribution in [-0.2, 0) is 0 Å². The van der Waals surface area contributed by atoms with Crippen molar-refractivity contribution < 1.29 is 4.79 Å². The monoisotopic (exact) mass is 282 g/mol. The van der Waals surface area contributed by atoms with E-state index >= 15 is 0 Å². The Morgan fingerprint density at radius 1 is 0.952 bits per heavy atom. The zero-order chi connectivity index (χ0) is 15.6. The van der Waals surface area contributed by atoms with Gasteiger partial charge in [-0.05, 0) is 61.7 Å². The summed E-state index contributed by atoms with van der Waals surface area (Å²) < 4.78 is 0. The number of carbonyl (C=O) groups is 1. The summed E-state index contributed by atoms with van der Waals surface area (Å²) in [5, 5.41) is 2.99. The number of benzene rings is 2. The molecule has 1 N–H and O–H groups in total. The third-order valence-corrected chi connectivity index (χ3v) is 3.58. The molecule has 21 heavy (non-hydrogen) atoms. The fourth-order valence-electron chi connectivity index (χ4n) is 2.36. The number of aryl methyl sites for hydroxylation is 3. The number of nitrogens with one attached hydrogen (secondary N) is 1. The molecule has 1 amide bonds. The Balaban J connectivity index is 2.24. The van der Waals surface area contributed by atoms with Gasteiger partial charge < -0.3 is 10.2 Å². The maximum Gasteiger partial charge on any atom is 0.255 e. The lowest BCUT2D eigenvalue weighted by Gasteiger charge is -2.16. The van der Waals surface area contributed by atoms with Crippen molar-refractivity contribution in [3.8, 4) is 0 Å². The largest absolute Gasteiger partial charge is 0.377 e. The summed E-state index contributed by atoms with van der Waals surface area (Å²) >= 11 is 0. The number of anilines is 2. The highest BCUT2D eigenvalue weighted by atomic mass is 16.1. The molecule has 0 heterocycles. The minimum absolute atomic E-state index is 0.0721. The number of hydrogen-bond acceptors (Lipinski definition) is 2. The van der Waals surface area contributed by atoms with Gasteiger partial charge in [-0.2, -0.15) is 0 Å². The first kappa shape index (κ1) is 15.1. The first-order valence-electron chi connectivity index (χ1n) is 7.05. The Bertz CT molecular complexity index is 675. The molecule has 2 aromatic rings. The van der Waals surface area contributed by atoms with Crippen molar-refractivity contribution in [1.29, 1.82) is 0 Å². The van der Waals surface area contributed by atoms with Gasteiger partial charge in [-0.1, -0.05) is 12.1 Å². The van der Waals surface area contributed by atoms with E-state index in [1.807, 2.05) is 76.2 Å². The molecule has 0 bridgehead atoms. The molecule has 110 valence electrons. The van der Waals surface area contributed by atoms with E-state index in [0.717, 1.165) is 28.1 Å². The van der Waals surface area contributed by atoms with Gasteiger partial charge in [0.05, 0.1) is 0 Å². The summed E-state index contributed by atoms with van der Waals surface area (Å²) in [6.07, 6.45) is 0. The van der Waals surface area contributed by atoms with Crippen molar-refractivity contribution >= 4 is 17.3 Å². The predicted octanol–water partition coefficient (Wildman–Crippen LogP) is 3.93. The number of hydrogen-bond donors (Lipinski definition) is 1. The molecule has 0 unspecified atom stereocenters. The Morgan fingerprint density at radius 3 is 2.29 bits per heavy atom. The zero-order valence-electron chi connectivity index (χ0n) is 13.3. The van der Waals surface area contributed by atoms with E-state index in [9.17, 15) is 4.79 Å². The summed E-state index contributed by atoms with van der Waals surface area (Å²) in [6.45, 7) is 6.03. The van der Waals surface area contributed by atoms with Gasteiger partial charge in [0.1, 0.15) is 0 Å². The molecular weight excluding hydrogens is 260 g/mol. The van der Waals surface area contributed by atoms with Crippen LogP contribution in [0.4, 0.5) is 11.4 Å². The Morgan fingerprint density at radius 2 is 1.67 bits per heavy atom. The number of nitrogens with zero attached hydrogens (tertiary/aromatic N) is 1. The van der Waals surface area contributed by atoms with Crippen molar-refractivity contribution in [2.45, 2.75) is 20.8 Å². The molecule has 0 aliphatic heterocycles. The quantitative estimate of drug-likeness (QED) is 0.925. The second-order valence-electron chi connectivity index (χ2n) is 5.67. The van der Waals surface area contributed by atoms with Crippen LogP contribution in [0.3, 0.4) is 0 Å². The first-order chi connectivity index (χ1) is 9.88. The average molecular weight is 282 g/mol. The molecule has 2 aromatic carbocycles. The molecule has 2 rings (SSSR count). The van der Waals surface area contributed by atoms with Crippen LogP contribution in [0.2, 0.25) is 0 Å². The zero-order valence-corrected chi connectivity index (χ0v) is 13.3. The van der Waals surface area contributed by atoms with Crippen LogP contribution in [0.5, 0.6) is 0 Å². The molecule has 0 fully saturated rings. The van der Waals surface area contributed by atoms with Gasteiger partial charge in [0.2, 0.25) is 0 Å². The summed E-state index contributed by atoms with van der Waals surface area (Å²) in [5.41, 5.74) is 5.96. The van der Waals surface area contributed by atoms with Crippen molar-refractivity contribution in [3.63, 3.8) is 0 Å². The van der Waals surface area contributed by atoms with E-state index in [1.165, 1.54) is 0 Å². The SMILES string of the molecule is Cc1ccc(C)c(NC(=O)c2ccc(N(C)C)c(C)c2)c1. The standard InChI is InChI=1S/C18H22N2O/c1-12-6-7-13(2)16(10-12)19-18(21)15-8-9-17(20(4)5)14(3)11-15/h6-11H,1-5H3,(H,19,21). The molecule has 0 saturated carbocycles. The smallest absolute Gasteiger partial charge is 0.255 e. The topological polar surface area (TPSA) is 32.3 Å². The molecule has 3 nitrogen and oxygen atoms in total. The molecule has 0 spiro atoms. The van der Waals surface area contributed by atoms with Crippen molar-refractivity contribution in [1.82, 2.24) is 0 Å². The molecule has 0 aliphatic rings. The Kier molecular flexibility index (Phi) is 4.32. The second-order valence-corrected chi connectivity index (χ2v) is 5.67. The third kappa shape index (κ3) is 3.43. The van der Waals surface area contributed by atoms with Gasteiger partial charge in [-0.3, -0.25) is 4.79 Å². The van der Waals surface area contributed by atoms with Crippen LogP contribution in [0, 0.1) is 20.8 Å². The van der Waals surface area contributed by atoms with Crippen LogP contribution < -0.4 is 10.2 Å². The Hall–Kier alpha value is -2.29. The van der Waals surface area contributed by atoms with Crippen molar-refractivity contribution in [2.75, 3.05) is 24.3 Å². The van der Waals surface area contributed by atoms with Crippen LogP contribution in [0.25, 0.3) is 0 Å². The minimum Gasteiger partial charge on any atom is -0.377 e. The van der Waals surface area contributed by atoms with Gasteiger partial charge in [0.15, 0.2) is 0 Å². The normalized spacial score (nSPS) is 10.3. The van der Waals surface area contributed by atoms with Crippen LogP contribution in [0.1, 0.15) is 27.0 Å². The highest BCUT2D eigenvalue weighted by molar-refractivity contribution is 6.05. The van der Waals surface area contributed by atoms with Gasteiger partial charge >= 0.3 is 0 Å². The van der Waals surface area contributed by atoms with Crippen LogP contribution >= 0.6 is 0 Å². The summed E-state index contributed by atoms with van der Waals surface area (Å²) in [4.78, 5) is 14.4. The van der Waals surface area contributed by atoms with E-state index in [2.05, 4.69) is 5.32 Å². The Labute approximate surface area is 126 Å². The minimum atomic E-state index is -0.0721. The molecular formula is C18H22N2O. The number of carbonyl (C=O) groups excluding carboxylic acids is 1. The first-order valence-corrected chi connectivity index (χ1v) is 7.05. The van der Waals surface area contributed by atoms with Gasteiger partial charge in [-0.25, -0.2) is 0 Å². The molecule has 0 atom stereocenters. The van der Waals surface area contributed by atoms with E-state index in [-0.39, 0.29) is 5.91 Å². The molecule has 0 saturated heterocycles. The second kappa shape index (κ2) is 6.00. The average Bonchev–Trinajstić information content (AvgIpc) is 2.42. The number of rotatable bonds is 3. The highest BCUT2D eigenvalue weighted by Crippen LogP contribution is 2.21. The molecule has 3 heteroatoms. The van der Waals surface area contributed by atoms with Gasteiger partial charge in [0, 0.05) is 31.0 Å². The summed E-state index contributed by atoms with van der Waals surface area (Å²) in [6, 6.07) is 11.8. The van der Waals surface area contributed by atoms with Crippen LogP contribution in [0.15, 0.2) is 36.4 Å². The maximum absolute atomic E-state index is 12.4. The fourth-order valence-corrected chi connectivity index (χ4v) is 2.36. The van der Waals surface area contributed by atoms with Crippen molar-refractivity contribution in [3.05, 3.63) is 58.7 Å². The predicted molar refractivity (Wildman–Crippen MR) is 89.4 cm³/mol. The lowest BCUT2D eigenvalue weighted by molar-refractivity contribution is 0.102. The van der Waals surface area contributed by atoms with Crippen LogP contribution in [-0.4, -0.2) is 20.0 Å². The summed E-state index contributed by atoms with van der Waals surface area (Å²) in [5.74, 6) is -0.0721. The van der Waals surface area contributed by atoms with Crippen molar-refractivity contribution in [2.24, 2.45) is 0 Å². The summed E-state index contributed by atoms with van der Waals surface area (Å²) in [7, 11) is 4.00.